The van der Waals surface area contributed by atoms with E-state index in [-0.39, 0.29) is 29.9 Å². The molecule has 1 fully saturated rings. The average Bonchev–Trinajstić information content (AvgIpc) is 3.15. The molecule has 0 atom stereocenters. The molecule has 1 N–H and O–H groups in total. The van der Waals surface area contributed by atoms with E-state index in [1.54, 1.807) is 0 Å². The van der Waals surface area contributed by atoms with Gasteiger partial charge in [-0.1, -0.05) is 38.6 Å². The highest BCUT2D eigenvalue weighted by Gasteiger charge is 2.30. The summed E-state index contributed by atoms with van der Waals surface area (Å²) in [5.41, 5.74) is 2.87. The van der Waals surface area contributed by atoms with Crippen LogP contribution in [0.1, 0.15) is 38.3 Å². The summed E-state index contributed by atoms with van der Waals surface area (Å²) in [5.74, 6) is -0.200. The molecule has 1 aliphatic heterocycles. The fourth-order valence-electron chi connectivity index (χ4n) is 3.02. The minimum Gasteiger partial charge on any atom is -0.325 e. The lowest BCUT2D eigenvalue weighted by atomic mass is 9.91. The van der Waals surface area contributed by atoms with Crippen molar-refractivity contribution in [3.63, 3.8) is 0 Å². The first kappa shape index (κ1) is 18.7. The lowest BCUT2D eigenvalue weighted by Gasteiger charge is -2.19. The van der Waals surface area contributed by atoms with E-state index < -0.39 is 5.41 Å². The molecular weight excluding hydrogens is 348 g/mol. The summed E-state index contributed by atoms with van der Waals surface area (Å²) in [6.45, 7) is 5.42. The summed E-state index contributed by atoms with van der Waals surface area (Å²) in [7, 11) is 0. The monoisotopic (exact) mass is 372 g/mol. The van der Waals surface area contributed by atoms with Crippen molar-refractivity contribution >= 4 is 35.0 Å². The van der Waals surface area contributed by atoms with E-state index in [0.29, 0.717) is 5.03 Å². The number of allylic oxidation sites excluding steroid dienone is 1. The number of carbonyl (C=O) groups excluding carboxylic acids is 3. The van der Waals surface area contributed by atoms with E-state index in [2.05, 4.69) is 11.4 Å². The largest absolute Gasteiger partial charge is 0.325 e. The van der Waals surface area contributed by atoms with Crippen molar-refractivity contribution in [3.05, 3.63) is 40.4 Å². The van der Waals surface area contributed by atoms with Crippen LogP contribution in [0.25, 0.3) is 0 Å². The number of nitrogens with zero attached hydrogens (tertiary/aromatic N) is 1. The van der Waals surface area contributed by atoms with E-state index in [9.17, 15) is 14.4 Å². The number of carbonyl (C=O) groups is 3. The van der Waals surface area contributed by atoms with Crippen LogP contribution in [0.15, 0.2) is 29.3 Å². The summed E-state index contributed by atoms with van der Waals surface area (Å²) >= 11 is 1.30. The van der Waals surface area contributed by atoms with E-state index in [1.165, 1.54) is 33.9 Å². The Balaban J connectivity index is 1.68. The second kappa shape index (κ2) is 7.27. The molecule has 3 rings (SSSR count). The van der Waals surface area contributed by atoms with Crippen molar-refractivity contribution in [1.82, 2.24) is 4.90 Å². The Morgan fingerprint density at radius 1 is 1.23 bits per heavy atom. The van der Waals surface area contributed by atoms with Gasteiger partial charge in [0.1, 0.15) is 6.54 Å². The van der Waals surface area contributed by atoms with Gasteiger partial charge in [0.15, 0.2) is 5.78 Å². The third-order valence-electron chi connectivity index (χ3n) is 4.59. The Morgan fingerprint density at radius 2 is 1.96 bits per heavy atom. The standard InChI is InChI=1S/C20H24N2O3S/c1-20(2,3)16(23)10-19-22(18(25)12-26-19)11-17(24)21-15-8-7-13-5-4-6-14(13)9-15/h7-10H,4-6,11-12H2,1-3H3,(H,21,24)/b19-10-. The smallest absolute Gasteiger partial charge is 0.244 e. The maximum absolute atomic E-state index is 12.4. The quantitative estimate of drug-likeness (QED) is 0.825. The molecule has 1 aliphatic carbocycles. The fraction of sp³-hybridized carbons (Fsp3) is 0.450. The van der Waals surface area contributed by atoms with Crippen LogP contribution >= 0.6 is 11.8 Å². The maximum atomic E-state index is 12.4. The predicted octanol–water partition coefficient (Wildman–Crippen LogP) is 3.15. The van der Waals surface area contributed by atoms with Gasteiger partial charge in [-0.2, -0.15) is 0 Å². The summed E-state index contributed by atoms with van der Waals surface area (Å²) in [5, 5.41) is 3.42. The SMILES string of the molecule is CC(C)(C)C(=O)/C=C1\SCC(=O)N1CC(=O)Nc1ccc2c(c1)CCC2. The molecule has 5 nitrogen and oxygen atoms in total. The number of nitrogens with one attached hydrogen (secondary N) is 1. The second-order valence-corrected chi connectivity index (χ2v) is 8.75. The van der Waals surface area contributed by atoms with Gasteiger partial charge in [0.25, 0.3) is 0 Å². The van der Waals surface area contributed by atoms with Gasteiger partial charge >= 0.3 is 0 Å². The highest BCUT2D eigenvalue weighted by molar-refractivity contribution is 8.04. The molecule has 2 aliphatic rings. The Hall–Kier alpha value is -2.08. The van der Waals surface area contributed by atoms with Crippen molar-refractivity contribution in [1.29, 1.82) is 0 Å². The molecule has 1 saturated heterocycles. The average molecular weight is 372 g/mol. The topological polar surface area (TPSA) is 66.5 Å². The van der Waals surface area contributed by atoms with E-state index in [0.717, 1.165) is 24.9 Å². The molecular formula is C20H24N2O3S. The number of aryl methyl sites for hydroxylation is 2. The molecule has 0 aromatic heterocycles. The van der Waals surface area contributed by atoms with Crippen molar-refractivity contribution in [2.45, 2.75) is 40.0 Å². The highest BCUT2D eigenvalue weighted by atomic mass is 32.2. The van der Waals surface area contributed by atoms with Gasteiger partial charge < -0.3 is 5.32 Å². The van der Waals surface area contributed by atoms with Crippen LogP contribution in [0.5, 0.6) is 0 Å². The Morgan fingerprint density at radius 3 is 2.69 bits per heavy atom. The minimum atomic E-state index is -0.516. The molecule has 1 aromatic carbocycles. The number of amides is 2. The van der Waals surface area contributed by atoms with Gasteiger partial charge in [-0.3, -0.25) is 19.3 Å². The predicted molar refractivity (Wildman–Crippen MR) is 104 cm³/mol. The summed E-state index contributed by atoms with van der Waals surface area (Å²) in [4.78, 5) is 38.2. The number of rotatable bonds is 4. The van der Waals surface area contributed by atoms with Crippen molar-refractivity contribution in [2.75, 3.05) is 17.6 Å². The van der Waals surface area contributed by atoms with Crippen LogP contribution < -0.4 is 5.32 Å². The molecule has 6 heteroatoms. The fourth-order valence-corrected chi connectivity index (χ4v) is 3.96. The first-order valence-electron chi connectivity index (χ1n) is 8.85. The minimum absolute atomic E-state index is 0.0567. The lowest BCUT2D eigenvalue weighted by Crippen LogP contribution is -2.34. The zero-order valence-electron chi connectivity index (χ0n) is 15.4. The highest BCUT2D eigenvalue weighted by Crippen LogP contribution is 2.30. The van der Waals surface area contributed by atoms with Gasteiger partial charge in [-0.05, 0) is 42.5 Å². The van der Waals surface area contributed by atoms with Gasteiger partial charge in [-0.15, -0.1) is 0 Å². The van der Waals surface area contributed by atoms with Crippen LogP contribution in [0.3, 0.4) is 0 Å². The molecule has 2 amide bonds. The lowest BCUT2D eigenvalue weighted by molar-refractivity contribution is -0.129. The Labute approximate surface area is 158 Å². The van der Waals surface area contributed by atoms with Crippen molar-refractivity contribution in [2.24, 2.45) is 5.41 Å². The van der Waals surface area contributed by atoms with Gasteiger partial charge in [0, 0.05) is 17.2 Å². The molecule has 0 bridgehead atoms. The zero-order valence-corrected chi connectivity index (χ0v) is 16.2. The molecule has 0 spiro atoms. The molecule has 1 aromatic rings. The molecule has 26 heavy (non-hydrogen) atoms. The molecule has 0 radical (unpaired) electrons. The maximum Gasteiger partial charge on any atom is 0.244 e. The van der Waals surface area contributed by atoms with Crippen LogP contribution in [-0.4, -0.2) is 34.8 Å². The molecule has 0 saturated carbocycles. The third kappa shape index (κ3) is 4.18. The van der Waals surface area contributed by atoms with Crippen molar-refractivity contribution in [3.8, 4) is 0 Å². The van der Waals surface area contributed by atoms with E-state index in [4.69, 9.17) is 0 Å². The van der Waals surface area contributed by atoms with Crippen molar-refractivity contribution < 1.29 is 14.4 Å². The summed E-state index contributed by atoms with van der Waals surface area (Å²) in [6, 6.07) is 5.98. The Kier molecular flexibility index (Phi) is 5.23. The van der Waals surface area contributed by atoms with E-state index in [1.807, 2.05) is 32.9 Å². The molecule has 138 valence electrons. The number of hydrogen-bond acceptors (Lipinski definition) is 4. The van der Waals surface area contributed by atoms with Crippen LogP contribution in [0.2, 0.25) is 0 Å². The summed E-state index contributed by atoms with van der Waals surface area (Å²) < 4.78 is 0. The normalized spacial score (nSPS) is 18.3. The first-order chi connectivity index (χ1) is 12.2. The van der Waals surface area contributed by atoms with Crippen LogP contribution in [0.4, 0.5) is 5.69 Å². The number of fused-ring (bicyclic) bond motifs is 1. The van der Waals surface area contributed by atoms with E-state index >= 15 is 0 Å². The second-order valence-electron chi connectivity index (χ2n) is 7.75. The van der Waals surface area contributed by atoms with Crippen LogP contribution in [0, 0.1) is 5.41 Å². The summed E-state index contributed by atoms with van der Waals surface area (Å²) in [6.07, 6.45) is 4.78. The van der Waals surface area contributed by atoms with Gasteiger partial charge in [0.05, 0.1) is 10.8 Å². The molecule has 0 unspecified atom stereocenters. The van der Waals surface area contributed by atoms with Gasteiger partial charge in [-0.25, -0.2) is 0 Å². The number of hydrogen-bond donors (Lipinski definition) is 1. The number of thioether (sulfide) groups is 1. The van der Waals surface area contributed by atoms with Gasteiger partial charge in [0.2, 0.25) is 11.8 Å². The number of anilines is 1. The zero-order chi connectivity index (χ0) is 18.9. The number of ketones is 1. The first-order valence-corrected chi connectivity index (χ1v) is 9.83. The Bertz CT molecular complexity index is 793. The molecule has 1 heterocycles. The third-order valence-corrected chi connectivity index (χ3v) is 5.61. The number of benzene rings is 1. The van der Waals surface area contributed by atoms with Crippen LogP contribution in [-0.2, 0) is 27.2 Å².